The summed E-state index contributed by atoms with van der Waals surface area (Å²) in [5, 5.41) is 10.7. The number of benzene rings is 1. The molecule has 0 radical (unpaired) electrons. The van der Waals surface area contributed by atoms with Crippen molar-refractivity contribution >= 4 is 17.1 Å². The number of piperazine rings is 1. The Morgan fingerprint density at radius 1 is 1.13 bits per heavy atom. The number of aryl methyl sites for hydroxylation is 2. The molecule has 0 amide bonds. The molecule has 0 aliphatic carbocycles. The smallest absolute Gasteiger partial charge is 0.329 e. The zero-order valence-electron chi connectivity index (χ0n) is 18.0. The van der Waals surface area contributed by atoms with E-state index < -0.39 is 17.4 Å². The van der Waals surface area contributed by atoms with Gasteiger partial charge in [-0.2, -0.15) is 4.98 Å². The highest BCUT2D eigenvalue weighted by Crippen LogP contribution is 2.21. The van der Waals surface area contributed by atoms with Gasteiger partial charge in [0.05, 0.1) is 6.54 Å². The first-order valence-electron chi connectivity index (χ1n) is 10.3. The molecule has 0 bridgehead atoms. The number of aromatic amines is 1. The van der Waals surface area contributed by atoms with E-state index in [2.05, 4.69) is 26.8 Å². The van der Waals surface area contributed by atoms with Gasteiger partial charge in [-0.15, -0.1) is 0 Å². The fourth-order valence-electron chi connectivity index (χ4n) is 3.73. The standard InChI is InChI=1S/C21H28N6O4/c1-14-4-6-16(7-5-14)31-13-15(28)12-27-17-18(25(3)21(30)23-19(17)29)22-20(27)26-10-8-24(2)9-11-26/h4-7,15,28H,8-13H2,1-3H3,(H,23,29,30). The van der Waals surface area contributed by atoms with Gasteiger partial charge in [0.25, 0.3) is 5.56 Å². The van der Waals surface area contributed by atoms with Crippen LogP contribution in [0.25, 0.3) is 11.2 Å². The monoisotopic (exact) mass is 428 g/mol. The van der Waals surface area contributed by atoms with Crippen molar-refractivity contribution in [3.05, 3.63) is 50.7 Å². The van der Waals surface area contributed by atoms with Gasteiger partial charge in [0.1, 0.15) is 18.5 Å². The van der Waals surface area contributed by atoms with Crippen LogP contribution in [0.4, 0.5) is 5.95 Å². The topological polar surface area (TPSA) is 109 Å². The molecule has 2 aromatic heterocycles. The Kier molecular flexibility index (Phi) is 5.84. The molecule has 1 aliphatic heterocycles. The number of imidazole rings is 1. The summed E-state index contributed by atoms with van der Waals surface area (Å²) in [4.78, 5) is 36.0. The molecule has 31 heavy (non-hydrogen) atoms. The largest absolute Gasteiger partial charge is 0.491 e. The number of fused-ring (bicyclic) bond motifs is 1. The first kappa shape index (κ1) is 21.1. The molecule has 10 nitrogen and oxygen atoms in total. The molecule has 0 saturated carbocycles. The fraction of sp³-hybridized carbons (Fsp3) is 0.476. The Bertz CT molecular complexity index is 1170. The summed E-state index contributed by atoms with van der Waals surface area (Å²) in [5.74, 6) is 1.24. The van der Waals surface area contributed by atoms with Crippen molar-refractivity contribution in [3.8, 4) is 5.75 Å². The maximum atomic E-state index is 12.6. The van der Waals surface area contributed by atoms with Crippen molar-refractivity contribution in [3.63, 3.8) is 0 Å². The molecule has 1 fully saturated rings. The number of nitrogens with zero attached hydrogens (tertiary/aromatic N) is 5. The molecule has 166 valence electrons. The van der Waals surface area contributed by atoms with E-state index in [1.807, 2.05) is 31.2 Å². The van der Waals surface area contributed by atoms with E-state index in [1.165, 1.54) is 4.57 Å². The van der Waals surface area contributed by atoms with E-state index in [9.17, 15) is 14.7 Å². The van der Waals surface area contributed by atoms with Gasteiger partial charge < -0.3 is 24.2 Å². The van der Waals surface area contributed by atoms with Gasteiger partial charge in [0.2, 0.25) is 5.95 Å². The highest BCUT2D eigenvalue weighted by molar-refractivity contribution is 5.74. The molecule has 1 unspecified atom stereocenters. The number of ether oxygens (including phenoxy) is 1. The average Bonchev–Trinajstić information content (AvgIpc) is 3.12. The number of aromatic nitrogens is 4. The number of aliphatic hydroxyl groups is 1. The van der Waals surface area contributed by atoms with Crippen molar-refractivity contribution in [1.82, 2.24) is 24.0 Å². The molecule has 1 saturated heterocycles. The van der Waals surface area contributed by atoms with Crippen molar-refractivity contribution in [2.75, 3.05) is 44.7 Å². The second kappa shape index (κ2) is 8.56. The van der Waals surface area contributed by atoms with Crippen LogP contribution in [0.1, 0.15) is 5.56 Å². The number of nitrogens with one attached hydrogen (secondary N) is 1. The molecule has 1 aromatic carbocycles. The van der Waals surface area contributed by atoms with Crippen LogP contribution in [0.5, 0.6) is 5.75 Å². The fourth-order valence-corrected chi connectivity index (χ4v) is 3.73. The third kappa shape index (κ3) is 4.35. The van der Waals surface area contributed by atoms with E-state index in [4.69, 9.17) is 4.74 Å². The van der Waals surface area contributed by atoms with Crippen molar-refractivity contribution in [2.24, 2.45) is 7.05 Å². The average molecular weight is 428 g/mol. The molecule has 2 N–H and O–H groups in total. The van der Waals surface area contributed by atoms with Gasteiger partial charge >= 0.3 is 5.69 Å². The summed E-state index contributed by atoms with van der Waals surface area (Å²) < 4.78 is 8.73. The molecule has 1 atom stereocenters. The summed E-state index contributed by atoms with van der Waals surface area (Å²) in [6.45, 7) is 5.37. The molecular weight excluding hydrogens is 400 g/mol. The Hall–Kier alpha value is -3.11. The Balaban J connectivity index is 1.65. The normalized spacial score (nSPS) is 16.1. The van der Waals surface area contributed by atoms with Crippen LogP contribution >= 0.6 is 0 Å². The predicted octanol–water partition coefficient (Wildman–Crippen LogP) is -0.0766. The quantitative estimate of drug-likeness (QED) is 0.565. The van der Waals surface area contributed by atoms with Crippen LogP contribution in [-0.2, 0) is 13.6 Å². The summed E-state index contributed by atoms with van der Waals surface area (Å²) in [6.07, 6.45) is -0.874. The zero-order chi connectivity index (χ0) is 22.1. The molecule has 0 spiro atoms. The van der Waals surface area contributed by atoms with Crippen LogP contribution in [0, 0.1) is 6.92 Å². The summed E-state index contributed by atoms with van der Waals surface area (Å²) >= 11 is 0. The SMILES string of the molecule is Cc1ccc(OCC(O)Cn2c(N3CCN(C)CC3)nc3c2c(=O)[nH]c(=O)n3C)cc1. The Labute approximate surface area is 179 Å². The highest BCUT2D eigenvalue weighted by Gasteiger charge is 2.25. The number of rotatable bonds is 6. The lowest BCUT2D eigenvalue weighted by Crippen LogP contribution is -2.45. The van der Waals surface area contributed by atoms with E-state index in [0.29, 0.717) is 17.3 Å². The third-order valence-electron chi connectivity index (χ3n) is 5.63. The lowest BCUT2D eigenvalue weighted by atomic mass is 10.2. The van der Waals surface area contributed by atoms with Gasteiger partial charge in [-0.25, -0.2) is 4.79 Å². The molecular formula is C21H28N6O4. The predicted molar refractivity (Wildman–Crippen MR) is 118 cm³/mol. The molecule has 3 heterocycles. The van der Waals surface area contributed by atoms with Gasteiger partial charge in [-0.05, 0) is 26.1 Å². The lowest BCUT2D eigenvalue weighted by molar-refractivity contribution is 0.0935. The number of aliphatic hydroxyl groups excluding tert-OH is 1. The maximum Gasteiger partial charge on any atom is 0.329 e. The second-order valence-electron chi connectivity index (χ2n) is 8.08. The van der Waals surface area contributed by atoms with Gasteiger partial charge in [0.15, 0.2) is 11.2 Å². The number of hydrogen-bond donors (Lipinski definition) is 2. The van der Waals surface area contributed by atoms with Crippen molar-refractivity contribution in [2.45, 2.75) is 19.6 Å². The zero-order valence-corrected chi connectivity index (χ0v) is 18.0. The van der Waals surface area contributed by atoms with E-state index in [1.54, 1.807) is 11.6 Å². The van der Waals surface area contributed by atoms with E-state index in [0.717, 1.165) is 31.7 Å². The number of anilines is 1. The second-order valence-corrected chi connectivity index (χ2v) is 8.08. The van der Waals surface area contributed by atoms with Crippen LogP contribution in [0.3, 0.4) is 0 Å². The first-order valence-corrected chi connectivity index (χ1v) is 10.3. The van der Waals surface area contributed by atoms with Gasteiger partial charge in [-0.1, -0.05) is 17.7 Å². The Morgan fingerprint density at radius 2 is 1.81 bits per heavy atom. The van der Waals surface area contributed by atoms with Crippen LogP contribution < -0.4 is 20.9 Å². The summed E-state index contributed by atoms with van der Waals surface area (Å²) in [5.41, 5.74) is 0.659. The lowest BCUT2D eigenvalue weighted by Gasteiger charge is -2.33. The molecule has 10 heteroatoms. The van der Waals surface area contributed by atoms with Gasteiger partial charge in [-0.3, -0.25) is 14.3 Å². The first-order chi connectivity index (χ1) is 14.8. The number of hydrogen-bond acceptors (Lipinski definition) is 7. The van der Waals surface area contributed by atoms with Crippen LogP contribution in [-0.4, -0.2) is 75.0 Å². The van der Waals surface area contributed by atoms with E-state index >= 15 is 0 Å². The number of likely N-dealkylation sites (N-methyl/N-ethyl adjacent to an activating group) is 1. The van der Waals surface area contributed by atoms with Crippen molar-refractivity contribution in [1.29, 1.82) is 0 Å². The minimum atomic E-state index is -0.874. The molecule has 4 rings (SSSR count). The third-order valence-corrected chi connectivity index (χ3v) is 5.63. The minimum Gasteiger partial charge on any atom is -0.491 e. The Morgan fingerprint density at radius 3 is 2.48 bits per heavy atom. The molecule has 1 aliphatic rings. The van der Waals surface area contributed by atoms with Gasteiger partial charge in [0, 0.05) is 33.2 Å². The summed E-state index contributed by atoms with van der Waals surface area (Å²) in [6, 6.07) is 7.59. The van der Waals surface area contributed by atoms with Crippen molar-refractivity contribution < 1.29 is 9.84 Å². The molecule has 3 aromatic rings. The maximum absolute atomic E-state index is 12.6. The highest BCUT2D eigenvalue weighted by atomic mass is 16.5. The minimum absolute atomic E-state index is 0.0641. The van der Waals surface area contributed by atoms with E-state index in [-0.39, 0.29) is 18.7 Å². The summed E-state index contributed by atoms with van der Waals surface area (Å²) in [7, 11) is 3.63. The number of H-pyrrole nitrogens is 1. The van der Waals surface area contributed by atoms with Crippen LogP contribution in [0.2, 0.25) is 0 Å². The van der Waals surface area contributed by atoms with Crippen LogP contribution in [0.15, 0.2) is 33.9 Å².